The van der Waals surface area contributed by atoms with E-state index in [1.54, 1.807) is 0 Å². The van der Waals surface area contributed by atoms with Crippen molar-refractivity contribution in [3.05, 3.63) is 0 Å². The van der Waals surface area contributed by atoms with E-state index < -0.39 is 19.2 Å². The SMILES string of the molecule is NOCC(F)(F)CF. The van der Waals surface area contributed by atoms with Gasteiger partial charge < -0.3 is 0 Å². The van der Waals surface area contributed by atoms with E-state index in [0.717, 1.165) is 0 Å². The highest BCUT2D eigenvalue weighted by Gasteiger charge is 2.28. The maximum absolute atomic E-state index is 11.6. The van der Waals surface area contributed by atoms with Crippen LogP contribution < -0.4 is 5.90 Å². The number of hydrogen-bond acceptors (Lipinski definition) is 2. The molecule has 0 amide bonds. The molecule has 2 nitrogen and oxygen atoms in total. The fourth-order valence-electron chi connectivity index (χ4n) is 0.160. The van der Waals surface area contributed by atoms with Gasteiger partial charge in [-0.15, -0.1) is 0 Å². The Bertz CT molecular complexity index is 67.5. The number of alkyl halides is 3. The van der Waals surface area contributed by atoms with Gasteiger partial charge in [0.1, 0.15) is 6.61 Å². The molecule has 0 rings (SSSR count). The predicted molar refractivity (Wildman–Crippen MR) is 21.1 cm³/mol. The molecule has 0 saturated heterocycles. The molecule has 0 heterocycles. The minimum atomic E-state index is -3.42. The van der Waals surface area contributed by atoms with Crippen LogP contribution in [0.5, 0.6) is 0 Å². The predicted octanol–water partition coefficient (Wildman–Crippen LogP) is 0.481. The van der Waals surface area contributed by atoms with Gasteiger partial charge in [-0.2, -0.15) is 0 Å². The highest BCUT2D eigenvalue weighted by molar-refractivity contribution is 4.60. The second-order valence-electron chi connectivity index (χ2n) is 1.30. The number of nitrogens with two attached hydrogens (primary N) is 1. The summed E-state index contributed by atoms with van der Waals surface area (Å²) in [6, 6.07) is 0. The largest absolute Gasteiger partial charge is 0.300 e. The van der Waals surface area contributed by atoms with Gasteiger partial charge in [-0.25, -0.2) is 19.1 Å². The first kappa shape index (κ1) is 7.71. The topological polar surface area (TPSA) is 35.2 Å². The van der Waals surface area contributed by atoms with Crippen LogP contribution in [0.3, 0.4) is 0 Å². The number of rotatable bonds is 3. The number of halogens is 3. The summed E-state index contributed by atoms with van der Waals surface area (Å²) in [5.74, 6) is 0.822. The Balaban J connectivity index is 3.37. The monoisotopic (exact) mass is 129 g/mol. The summed E-state index contributed by atoms with van der Waals surface area (Å²) < 4.78 is 34.2. The first-order chi connectivity index (χ1) is 3.62. The Morgan fingerprint density at radius 1 is 1.50 bits per heavy atom. The van der Waals surface area contributed by atoms with Gasteiger partial charge in [-0.05, 0) is 0 Å². The van der Waals surface area contributed by atoms with Crippen LogP contribution in [-0.2, 0) is 4.84 Å². The maximum atomic E-state index is 11.6. The van der Waals surface area contributed by atoms with E-state index in [4.69, 9.17) is 0 Å². The van der Waals surface area contributed by atoms with E-state index in [2.05, 4.69) is 10.7 Å². The Kier molecular flexibility index (Phi) is 2.78. The fraction of sp³-hybridized carbons (Fsp3) is 1.00. The molecule has 50 valence electrons. The summed E-state index contributed by atoms with van der Waals surface area (Å²) >= 11 is 0. The van der Waals surface area contributed by atoms with Crippen molar-refractivity contribution in [3.8, 4) is 0 Å². The van der Waals surface area contributed by atoms with Crippen molar-refractivity contribution >= 4 is 0 Å². The van der Waals surface area contributed by atoms with Crippen LogP contribution >= 0.6 is 0 Å². The molecule has 0 atom stereocenters. The van der Waals surface area contributed by atoms with E-state index in [-0.39, 0.29) is 0 Å². The first-order valence-corrected chi connectivity index (χ1v) is 1.88. The third-order valence-corrected chi connectivity index (χ3v) is 0.490. The minimum absolute atomic E-state index is 1.07. The molecule has 5 heteroatoms. The van der Waals surface area contributed by atoms with Gasteiger partial charge in [0.2, 0.25) is 0 Å². The standard InChI is InChI=1S/C3H6F3NO/c4-1-3(5,6)2-8-7/h1-2,7H2. The van der Waals surface area contributed by atoms with Gasteiger partial charge >= 0.3 is 5.92 Å². The van der Waals surface area contributed by atoms with Crippen LogP contribution in [-0.4, -0.2) is 19.2 Å². The Morgan fingerprint density at radius 3 is 2.12 bits per heavy atom. The molecule has 0 radical (unpaired) electrons. The van der Waals surface area contributed by atoms with E-state index in [1.165, 1.54) is 0 Å². The normalized spacial score (nSPS) is 12.0. The van der Waals surface area contributed by atoms with E-state index in [9.17, 15) is 13.2 Å². The molecular weight excluding hydrogens is 123 g/mol. The second-order valence-corrected chi connectivity index (χ2v) is 1.30. The van der Waals surface area contributed by atoms with Crippen LogP contribution in [0.4, 0.5) is 13.2 Å². The van der Waals surface area contributed by atoms with Crippen LogP contribution in [0.25, 0.3) is 0 Å². The van der Waals surface area contributed by atoms with Crippen LogP contribution in [0, 0.1) is 0 Å². The molecule has 0 fully saturated rings. The summed E-state index contributed by atoms with van der Waals surface area (Å²) in [5, 5.41) is 0. The molecular formula is C3H6F3NO. The highest BCUT2D eigenvalue weighted by Crippen LogP contribution is 2.12. The molecule has 0 bridgehead atoms. The van der Waals surface area contributed by atoms with Gasteiger partial charge in [-0.1, -0.05) is 0 Å². The lowest BCUT2D eigenvalue weighted by atomic mass is 10.4. The maximum Gasteiger partial charge on any atom is 0.300 e. The van der Waals surface area contributed by atoms with Gasteiger partial charge in [0.25, 0.3) is 0 Å². The third kappa shape index (κ3) is 2.81. The molecule has 0 unspecified atom stereocenters. The Morgan fingerprint density at radius 2 is 2.00 bits per heavy atom. The molecule has 0 aromatic heterocycles. The van der Waals surface area contributed by atoms with E-state index >= 15 is 0 Å². The molecule has 0 aromatic carbocycles. The van der Waals surface area contributed by atoms with Crippen molar-refractivity contribution in [2.45, 2.75) is 5.92 Å². The van der Waals surface area contributed by atoms with Crippen LogP contribution in [0.2, 0.25) is 0 Å². The van der Waals surface area contributed by atoms with Gasteiger partial charge in [0.05, 0.1) is 0 Å². The lowest BCUT2D eigenvalue weighted by Gasteiger charge is -2.07. The highest BCUT2D eigenvalue weighted by atomic mass is 19.3. The Hall–Kier alpha value is -0.290. The van der Waals surface area contributed by atoms with Crippen molar-refractivity contribution in [2.24, 2.45) is 5.90 Å². The summed E-state index contributed by atoms with van der Waals surface area (Å²) in [6.45, 7) is -2.80. The zero-order valence-corrected chi connectivity index (χ0v) is 4.03. The summed E-state index contributed by atoms with van der Waals surface area (Å²) in [6.07, 6.45) is 0. The van der Waals surface area contributed by atoms with Crippen molar-refractivity contribution in [1.82, 2.24) is 0 Å². The quantitative estimate of drug-likeness (QED) is 0.562. The molecule has 2 N–H and O–H groups in total. The van der Waals surface area contributed by atoms with Crippen molar-refractivity contribution in [3.63, 3.8) is 0 Å². The lowest BCUT2D eigenvalue weighted by molar-refractivity contribution is -0.0911. The van der Waals surface area contributed by atoms with Crippen molar-refractivity contribution < 1.29 is 18.0 Å². The Labute approximate surface area is 44.4 Å². The average molecular weight is 129 g/mol. The zero-order valence-electron chi connectivity index (χ0n) is 4.03. The fourth-order valence-corrected chi connectivity index (χ4v) is 0.160. The third-order valence-electron chi connectivity index (χ3n) is 0.490. The molecule has 0 aliphatic heterocycles. The summed E-state index contributed by atoms with van der Waals surface area (Å²) in [5.41, 5.74) is 0. The first-order valence-electron chi connectivity index (χ1n) is 1.88. The van der Waals surface area contributed by atoms with E-state index in [0.29, 0.717) is 0 Å². The minimum Gasteiger partial charge on any atom is -0.298 e. The van der Waals surface area contributed by atoms with Gasteiger partial charge in [0, 0.05) is 0 Å². The molecule has 0 saturated carbocycles. The van der Waals surface area contributed by atoms with Crippen molar-refractivity contribution in [1.29, 1.82) is 0 Å². The van der Waals surface area contributed by atoms with Crippen LogP contribution in [0.1, 0.15) is 0 Å². The lowest BCUT2D eigenvalue weighted by Crippen LogP contribution is -2.27. The molecule has 0 aliphatic carbocycles. The zero-order chi connectivity index (χ0) is 6.62. The van der Waals surface area contributed by atoms with Gasteiger partial charge in [-0.3, -0.25) is 4.84 Å². The second kappa shape index (κ2) is 2.88. The smallest absolute Gasteiger partial charge is 0.298 e. The average Bonchev–Trinajstić information content (AvgIpc) is 1.67. The molecule has 8 heavy (non-hydrogen) atoms. The molecule has 0 spiro atoms. The summed E-state index contributed by atoms with van der Waals surface area (Å²) in [7, 11) is 0. The van der Waals surface area contributed by atoms with Gasteiger partial charge in [0.15, 0.2) is 6.67 Å². The number of hydrogen-bond donors (Lipinski definition) is 1. The van der Waals surface area contributed by atoms with E-state index in [1.807, 2.05) is 0 Å². The molecule has 0 aliphatic rings. The summed E-state index contributed by atoms with van der Waals surface area (Å²) in [4.78, 5) is 3.51. The van der Waals surface area contributed by atoms with Crippen LogP contribution in [0.15, 0.2) is 0 Å². The van der Waals surface area contributed by atoms with Crippen molar-refractivity contribution in [2.75, 3.05) is 13.3 Å². The molecule has 0 aromatic rings.